The number of aromatic nitrogens is 2. The molecule has 1 saturated heterocycles. The summed E-state index contributed by atoms with van der Waals surface area (Å²) in [4.78, 5) is 28.6. The Balaban J connectivity index is 1.40. The molecule has 0 radical (unpaired) electrons. The number of Topliss-reactive ketones (excluding diaryl/α,β-unsaturated/α-hetero) is 1. The maximum atomic E-state index is 14.2. The Labute approximate surface area is 257 Å². The van der Waals surface area contributed by atoms with Gasteiger partial charge in [0.2, 0.25) is 5.13 Å². The lowest BCUT2D eigenvalue weighted by Crippen LogP contribution is -2.29. The third-order valence-electron chi connectivity index (χ3n) is 7.62. The third kappa shape index (κ3) is 5.57. The van der Waals surface area contributed by atoms with Gasteiger partial charge in [0, 0.05) is 17.7 Å². The normalized spacial score (nSPS) is 19.5. The lowest BCUT2D eigenvalue weighted by molar-refractivity contribution is -0.132. The number of thioether (sulfide) groups is 1. The predicted octanol–water partition coefficient (Wildman–Crippen LogP) is 7.22. The van der Waals surface area contributed by atoms with Gasteiger partial charge in [0.1, 0.15) is 23.4 Å². The molecule has 3 heterocycles. The maximum Gasteiger partial charge on any atom is 0.301 e. The molecule has 0 spiro atoms. The number of hydrogen-bond acceptors (Lipinski definition) is 8. The number of benzene rings is 3. The lowest BCUT2D eigenvalue weighted by Gasteiger charge is -2.24. The number of aliphatic hydroxyl groups excluding tert-OH is 1. The molecule has 43 heavy (non-hydrogen) atoms. The highest BCUT2D eigenvalue weighted by Gasteiger charge is 2.48. The van der Waals surface area contributed by atoms with Crippen molar-refractivity contribution < 1.29 is 23.8 Å². The highest BCUT2D eigenvalue weighted by atomic mass is 32.2. The van der Waals surface area contributed by atoms with Gasteiger partial charge in [-0.3, -0.25) is 14.5 Å². The SMILES string of the molecule is CC1Cc2cc(/C(O)=C3\C(=O)C(=O)N(c4nnc(SCc5ccccc5F)s4)C3c3ccc(C(C)(C)C)cc3)ccc2O1. The topological polar surface area (TPSA) is 92.6 Å². The maximum absolute atomic E-state index is 14.2. The summed E-state index contributed by atoms with van der Waals surface area (Å²) < 4.78 is 20.5. The van der Waals surface area contributed by atoms with Gasteiger partial charge in [-0.15, -0.1) is 10.2 Å². The van der Waals surface area contributed by atoms with Crippen LogP contribution in [0.3, 0.4) is 0 Å². The average Bonchev–Trinajstić information content (AvgIpc) is 3.66. The van der Waals surface area contributed by atoms with Crippen LogP contribution in [0.2, 0.25) is 0 Å². The van der Waals surface area contributed by atoms with E-state index < -0.39 is 17.7 Å². The van der Waals surface area contributed by atoms with Crippen LogP contribution in [0.5, 0.6) is 5.75 Å². The van der Waals surface area contributed by atoms with Crippen molar-refractivity contribution in [1.29, 1.82) is 0 Å². The second-order valence-electron chi connectivity index (χ2n) is 11.7. The van der Waals surface area contributed by atoms with Crippen LogP contribution in [0, 0.1) is 5.82 Å². The highest BCUT2D eigenvalue weighted by Crippen LogP contribution is 2.45. The number of nitrogens with zero attached hydrogens (tertiary/aromatic N) is 3. The Morgan fingerprint density at radius 2 is 1.84 bits per heavy atom. The van der Waals surface area contributed by atoms with Crippen molar-refractivity contribution in [2.45, 2.75) is 61.8 Å². The first-order chi connectivity index (χ1) is 20.5. The van der Waals surface area contributed by atoms with Crippen molar-refractivity contribution in [3.05, 3.63) is 106 Å². The molecular formula is C33H30FN3O4S2. The van der Waals surface area contributed by atoms with Gasteiger partial charge in [-0.25, -0.2) is 4.39 Å². The van der Waals surface area contributed by atoms with E-state index in [-0.39, 0.29) is 33.8 Å². The molecule has 2 atom stereocenters. The fraction of sp³-hybridized carbons (Fsp3) is 0.273. The number of ether oxygens (including phenoxy) is 1. The summed E-state index contributed by atoms with van der Waals surface area (Å²) >= 11 is 2.44. The zero-order valence-electron chi connectivity index (χ0n) is 24.1. The van der Waals surface area contributed by atoms with E-state index in [0.29, 0.717) is 33.2 Å². The van der Waals surface area contributed by atoms with Crippen LogP contribution in [0.1, 0.15) is 61.6 Å². The van der Waals surface area contributed by atoms with Gasteiger partial charge in [0.25, 0.3) is 5.78 Å². The largest absolute Gasteiger partial charge is 0.507 e. The number of carbonyl (C=O) groups excluding carboxylic acids is 2. The fourth-order valence-corrected chi connectivity index (χ4v) is 7.20. The van der Waals surface area contributed by atoms with Gasteiger partial charge in [-0.05, 0) is 58.9 Å². The summed E-state index contributed by atoms with van der Waals surface area (Å²) in [5, 5.41) is 20.3. The van der Waals surface area contributed by atoms with Crippen molar-refractivity contribution in [2.24, 2.45) is 0 Å². The van der Waals surface area contributed by atoms with Gasteiger partial charge in [0.05, 0.1) is 11.6 Å². The smallest absolute Gasteiger partial charge is 0.301 e. The van der Waals surface area contributed by atoms with Gasteiger partial charge in [0.15, 0.2) is 4.34 Å². The van der Waals surface area contributed by atoms with E-state index in [1.165, 1.54) is 22.7 Å². The molecule has 0 aliphatic carbocycles. The van der Waals surface area contributed by atoms with E-state index in [1.54, 1.807) is 30.3 Å². The fourth-order valence-electron chi connectivity index (χ4n) is 5.35. The van der Waals surface area contributed by atoms with E-state index >= 15 is 0 Å². The molecule has 10 heteroatoms. The molecule has 2 aliphatic heterocycles. The van der Waals surface area contributed by atoms with Crippen LogP contribution in [0.25, 0.3) is 5.76 Å². The van der Waals surface area contributed by atoms with Crippen LogP contribution >= 0.6 is 23.1 Å². The number of rotatable bonds is 6. The van der Waals surface area contributed by atoms with E-state index in [1.807, 2.05) is 37.3 Å². The molecule has 0 bridgehead atoms. The molecule has 1 N–H and O–H groups in total. The Morgan fingerprint density at radius 3 is 2.56 bits per heavy atom. The van der Waals surface area contributed by atoms with Gasteiger partial charge in [-0.1, -0.05) is 86.3 Å². The molecule has 2 unspecified atom stereocenters. The number of halogens is 1. The number of aliphatic hydroxyl groups is 1. The van der Waals surface area contributed by atoms with Crippen molar-refractivity contribution in [2.75, 3.05) is 4.90 Å². The first-order valence-electron chi connectivity index (χ1n) is 13.9. The van der Waals surface area contributed by atoms with Gasteiger partial charge in [-0.2, -0.15) is 0 Å². The number of carbonyl (C=O) groups is 2. The van der Waals surface area contributed by atoms with E-state index in [9.17, 15) is 19.1 Å². The summed E-state index contributed by atoms with van der Waals surface area (Å²) in [5.74, 6) is -1.09. The van der Waals surface area contributed by atoms with Crippen molar-refractivity contribution in [3.63, 3.8) is 0 Å². The molecule has 1 amide bonds. The number of ketones is 1. The second-order valence-corrected chi connectivity index (χ2v) is 13.9. The average molecular weight is 616 g/mol. The van der Waals surface area contributed by atoms with Crippen molar-refractivity contribution in [1.82, 2.24) is 10.2 Å². The zero-order valence-corrected chi connectivity index (χ0v) is 25.8. The number of hydrogen-bond donors (Lipinski definition) is 1. The highest BCUT2D eigenvalue weighted by molar-refractivity contribution is 8.00. The predicted molar refractivity (Wildman–Crippen MR) is 166 cm³/mol. The Hall–Kier alpha value is -4.02. The summed E-state index contributed by atoms with van der Waals surface area (Å²) in [7, 11) is 0. The first kappa shape index (κ1) is 29.1. The standard InChI is InChI=1S/C33H30FN3O4S2/c1-18-15-22-16-20(11-14-25(22)41-18)28(38)26-27(19-9-12-23(13-10-19)33(2,3)4)37(30(40)29(26)39)31-35-36-32(43-31)42-17-21-7-5-6-8-24(21)34/h5-14,16,18,27,38H,15,17H2,1-4H3/b28-26+. The van der Waals surface area contributed by atoms with Crippen LogP contribution < -0.4 is 9.64 Å². The molecule has 4 aromatic rings. The molecule has 3 aromatic carbocycles. The van der Waals surface area contributed by atoms with Crippen molar-refractivity contribution in [3.8, 4) is 5.75 Å². The van der Waals surface area contributed by atoms with E-state index in [4.69, 9.17) is 4.74 Å². The molecule has 220 valence electrons. The Kier molecular flexibility index (Phi) is 7.60. The Morgan fingerprint density at radius 1 is 1.09 bits per heavy atom. The van der Waals surface area contributed by atoms with Crippen LogP contribution in [-0.4, -0.2) is 33.1 Å². The van der Waals surface area contributed by atoms with Crippen LogP contribution in [0.15, 0.2) is 76.6 Å². The molecular weight excluding hydrogens is 586 g/mol. The molecule has 7 nitrogen and oxygen atoms in total. The van der Waals surface area contributed by atoms with E-state index in [2.05, 4.69) is 31.0 Å². The lowest BCUT2D eigenvalue weighted by atomic mass is 9.85. The molecule has 2 aliphatic rings. The van der Waals surface area contributed by atoms with Gasteiger partial charge >= 0.3 is 5.91 Å². The quantitative estimate of drug-likeness (QED) is 0.0805. The molecule has 0 saturated carbocycles. The van der Waals surface area contributed by atoms with Crippen LogP contribution in [0.4, 0.5) is 9.52 Å². The van der Waals surface area contributed by atoms with E-state index in [0.717, 1.165) is 28.2 Å². The molecule has 1 fully saturated rings. The second kappa shape index (κ2) is 11.2. The summed E-state index contributed by atoms with van der Waals surface area (Å²) in [6.07, 6.45) is 0.697. The minimum absolute atomic E-state index is 0.0159. The van der Waals surface area contributed by atoms with Gasteiger partial charge < -0.3 is 9.84 Å². The zero-order chi connectivity index (χ0) is 30.5. The monoisotopic (exact) mass is 615 g/mol. The minimum Gasteiger partial charge on any atom is -0.507 e. The third-order valence-corrected chi connectivity index (χ3v) is 9.72. The molecule has 1 aromatic heterocycles. The number of amides is 1. The Bertz CT molecular complexity index is 1760. The summed E-state index contributed by atoms with van der Waals surface area (Å²) in [6, 6.07) is 18.6. The number of fused-ring (bicyclic) bond motifs is 1. The number of anilines is 1. The van der Waals surface area contributed by atoms with Crippen LogP contribution in [-0.2, 0) is 27.2 Å². The first-order valence-corrected chi connectivity index (χ1v) is 15.7. The summed E-state index contributed by atoms with van der Waals surface area (Å²) in [5.41, 5.74) is 3.51. The summed E-state index contributed by atoms with van der Waals surface area (Å²) in [6.45, 7) is 8.29. The molecule has 6 rings (SSSR count). The minimum atomic E-state index is -0.921. The van der Waals surface area contributed by atoms with Crippen molar-refractivity contribution >= 4 is 45.7 Å².